The van der Waals surface area contributed by atoms with E-state index in [-0.39, 0.29) is 12.1 Å². The van der Waals surface area contributed by atoms with Crippen LogP contribution in [0.3, 0.4) is 0 Å². The molecule has 0 aliphatic heterocycles. The summed E-state index contributed by atoms with van der Waals surface area (Å²) in [6.45, 7) is 0. The third-order valence-corrected chi connectivity index (χ3v) is 3.39. The molecule has 0 aliphatic rings. The molecule has 102 valence electrons. The van der Waals surface area contributed by atoms with E-state index in [0.717, 1.165) is 11.3 Å². The maximum atomic E-state index is 6.17. The molecule has 3 N–H and O–H groups in total. The second kappa shape index (κ2) is 6.16. The molecule has 2 aromatic rings. The number of hydrogen-bond donors (Lipinski definition) is 2. The number of rotatable bonds is 5. The van der Waals surface area contributed by atoms with Gasteiger partial charge in [-0.25, -0.2) is 5.43 Å². The van der Waals surface area contributed by atoms with E-state index in [0.29, 0.717) is 5.02 Å². The van der Waals surface area contributed by atoms with Crippen molar-refractivity contribution in [3.05, 3.63) is 52.8 Å². The van der Waals surface area contributed by atoms with Gasteiger partial charge in [-0.05, 0) is 5.56 Å². The smallest absolute Gasteiger partial charge is 0.104 e. The third-order valence-electron chi connectivity index (χ3n) is 3.10. The van der Waals surface area contributed by atoms with Gasteiger partial charge in [0.1, 0.15) is 6.10 Å². The largest absolute Gasteiger partial charge is 0.375 e. The first kappa shape index (κ1) is 14.0. The molecule has 1 heterocycles. The van der Waals surface area contributed by atoms with Crippen LogP contribution in [0.1, 0.15) is 23.4 Å². The fourth-order valence-electron chi connectivity index (χ4n) is 2.19. The minimum Gasteiger partial charge on any atom is -0.375 e. The van der Waals surface area contributed by atoms with Crippen LogP contribution in [0.15, 0.2) is 36.5 Å². The fourth-order valence-corrected chi connectivity index (χ4v) is 2.47. The number of hydrogen-bond acceptors (Lipinski definition) is 4. The Hall–Kier alpha value is -1.40. The van der Waals surface area contributed by atoms with Crippen molar-refractivity contribution < 1.29 is 4.74 Å². The molecule has 2 rings (SSSR count). The van der Waals surface area contributed by atoms with Crippen LogP contribution in [0.4, 0.5) is 0 Å². The molecule has 0 saturated carbocycles. The molecule has 0 fully saturated rings. The maximum absolute atomic E-state index is 6.17. The van der Waals surface area contributed by atoms with Gasteiger partial charge in [-0.15, -0.1) is 0 Å². The van der Waals surface area contributed by atoms with E-state index in [4.69, 9.17) is 22.2 Å². The van der Waals surface area contributed by atoms with E-state index in [1.54, 1.807) is 18.0 Å². The summed E-state index contributed by atoms with van der Waals surface area (Å²) in [6, 6.07) is 9.57. The Morgan fingerprint density at radius 3 is 2.53 bits per heavy atom. The maximum Gasteiger partial charge on any atom is 0.104 e. The molecule has 0 saturated heterocycles. The Morgan fingerprint density at radius 1 is 1.37 bits per heavy atom. The number of nitrogens with zero attached hydrogens (tertiary/aromatic N) is 2. The zero-order chi connectivity index (χ0) is 13.8. The Bertz CT molecular complexity index is 509. The van der Waals surface area contributed by atoms with Crippen molar-refractivity contribution in [1.82, 2.24) is 15.2 Å². The third kappa shape index (κ3) is 2.79. The summed E-state index contributed by atoms with van der Waals surface area (Å²) in [6.07, 6.45) is 1.35. The molecule has 1 aromatic carbocycles. The Kier molecular flexibility index (Phi) is 4.55. The summed E-state index contributed by atoms with van der Waals surface area (Å²) >= 11 is 6.17. The highest BCUT2D eigenvalue weighted by molar-refractivity contribution is 6.31. The lowest BCUT2D eigenvalue weighted by Gasteiger charge is -2.26. The first-order valence-electron chi connectivity index (χ1n) is 5.90. The van der Waals surface area contributed by atoms with E-state index in [2.05, 4.69) is 10.5 Å². The van der Waals surface area contributed by atoms with Crippen LogP contribution in [0.2, 0.25) is 5.02 Å². The van der Waals surface area contributed by atoms with Crippen LogP contribution >= 0.6 is 11.6 Å². The lowest BCUT2D eigenvalue weighted by atomic mass is 10.00. The molecule has 0 radical (unpaired) electrons. The average molecular weight is 281 g/mol. The number of nitrogens with two attached hydrogens (primary N) is 1. The van der Waals surface area contributed by atoms with Gasteiger partial charge in [0, 0.05) is 14.2 Å². The van der Waals surface area contributed by atoms with Gasteiger partial charge in [-0.2, -0.15) is 5.10 Å². The molecule has 2 atom stereocenters. The molecule has 0 bridgehead atoms. The van der Waals surface area contributed by atoms with E-state index >= 15 is 0 Å². The molecule has 5 nitrogen and oxygen atoms in total. The molecule has 2 unspecified atom stereocenters. The van der Waals surface area contributed by atoms with Gasteiger partial charge in [0.25, 0.3) is 0 Å². The fraction of sp³-hybridized carbons (Fsp3) is 0.308. The number of hydrazine groups is 1. The highest BCUT2D eigenvalue weighted by Crippen LogP contribution is 2.34. The highest BCUT2D eigenvalue weighted by Gasteiger charge is 2.28. The average Bonchev–Trinajstić information content (AvgIpc) is 2.77. The molecule has 6 heteroatoms. The number of halogens is 1. The quantitative estimate of drug-likeness (QED) is 0.649. The summed E-state index contributed by atoms with van der Waals surface area (Å²) in [5.74, 6) is 5.69. The normalized spacial score (nSPS) is 14.3. The monoisotopic (exact) mass is 280 g/mol. The zero-order valence-electron chi connectivity index (χ0n) is 10.9. The van der Waals surface area contributed by atoms with Crippen LogP contribution in [0.5, 0.6) is 0 Å². The van der Waals surface area contributed by atoms with Gasteiger partial charge in [-0.3, -0.25) is 10.5 Å². The van der Waals surface area contributed by atoms with Crippen LogP contribution < -0.4 is 11.3 Å². The van der Waals surface area contributed by atoms with Crippen LogP contribution in [0.25, 0.3) is 0 Å². The van der Waals surface area contributed by atoms with Crippen molar-refractivity contribution in [3.63, 3.8) is 0 Å². The van der Waals surface area contributed by atoms with Gasteiger partial charge in [-0.1, -0.05) is 41.9 Å². The second-order valence-electron chi connectivity index (χ2n) is 4.21. The lowest BCUT2D eigenvalue weighted by Crippen LogP contribution is -2.35. The molecular weight excluding hydrogens is 264 g/mol. The molecule has 0 amide bonds. The topological polar surface area (TPSA) is 65.1 Å². The van der Waals surface area contributed by atoms with Crippen molar-refractivity contribution >= 4 is 11.6 Å². The van der Waals surface area contributed by atoms with Gasteiger partial charge in [0.05, 0.1) is 23.0 Å². The van der Waals surface area contributed by atoms with E-state index < -0.39 is 0 Å². The first-order valence-corrected chi connectivity index (χ1v) is 6.28. The number of aryl methyl sites for hydroxylation is 1. The molecule has 0 spiro atoms. The van der Waals surface area contributed by atoms with Crippen molar-refractivity contribution in [2.75, 3.05) is 7.11 Å². The van der Waals surface area contributed by atoms with Crippen molar-refractivity contribution in [2.24, 2.45) is 12.9 Å². The number of benzene rings is 1. The zero-order valence-corrected chi connectivity index (χ0v) is 11.6. The summed E-state index contributed by atoms with van der Waals surface area (Å²) in [4.78, 5) is 0. The van der Waals surface area contributed by atoms with Crippen molar-refractivity contribution in [1.29, 1.82) is 0 Å². The number of ether oxygens (including phenoxy) is 1. The van der Waals surface area contributed by atoms with E-state index in [1.807, 2.05) is 37.4 Å². The van der Waals surface area contributed by atoms with Gasteiger partial charge >= 0.3 is 0 Å². The Morgan fingerprint density at radius 2 is 2.05 bits per heavy atom. The number of methoxy groups -OCH3 is 1. The van der Waals surface area contributed by atoms with Crippen molar-refractivity contribution in [3.8, 4) is 0 Å². The predicted octanol–water partition coefficient (Wildman–Crippen LogP) is 1.97. The van der Waals surface area contributed by atoms with Crippen LogP contribution in [0, 0.1) is 0 Å². The summed E-state index contributed by atoms with van der Waals surface area (Å²) < 4.78 is 7.28. The van der Waals surface area contributed by atoms with Gasteiger partial charge < -0.3 is 4.74 Å². The number of nitrogens with one attached hydrogen (secondary N) is 1. The lowest BCUT2D eigenvalue weighted by molar-refractivity contribution is 0.0650. The standard InChI is InChI=1S/C13H17ClN4O/c1-18-12(10(14)8-16-18)11(17-15)13(19-2)9-6-4-3-5-7-9/h3-8,11,13,17H,15H2,1-2H3. The highest BCUT2D eigenvalue weighted by atomic mass is 35.5. The first-order chi connectivity index (χ1) is 9.19. The predicted molar refractivity (Wildman–Crippen MR) is 74.5 cm³/mol. The Labute approximate surface area is 117 Å². The summed E-state index contributed by atoms with van der Waals surface area (Å²) in [7, 11) is 3.47. The van der Waals surface area contributed by atoms with Crippen LogP contribution in [-0.4, -0.2) is 16.9 Å². The molecule has 1 aromatic heterocycles. The van der Waals surface area contributed by atoms with E-state index in [9.17, 15) is 0 Å². The van der Waals surface area contributed by atoms with Crippen LogP contribution in [-0.2, 0) is 11.8 Å². The molecular formula is C13H17ClN4O. The van der Waals surface area contributed by atoms with Crippen molar-refractivity contribution in [2.45, 2.75) is 12.1 Å². The SMILES string of the molecule is COC(c1ccccc1)C(NN)c1c(Cl)cnn1C. The molecule has 0 aliphatic carbocycles. The summed E-state index contributed by atoms with van der Waals surface area (Å²) in [5, 5.41) is 4.69. The van der Waals surface area contributed by atoms with Gasteiger partial charge in [0.2, 0.25) is 0 Å². The second-order valence-corrected chi connectivity index (χ2v) is 4.62. The molecule has 19 heavy (non-hydrogen) atoms. The minimum atomic E-state index is -0.285. The van der Waals surface area contributed by atoms with E-state index in [1.165, 1.54) is 0 Å². The number of aromatic nitrogens is 2. The van der Waals surface area contributed by atoms with Gasteiger partial charge in [0.15, 0.2) is 0 Å². The summed E-state index contributed by atoms with van der Waals surface area (Å²) in [5.41, 5.74) is 4.58. The minimum absolute atomic E-state index is 0.251. The Balaban J connectivity index is 2.40.